The lowest BCUT2D eigenvalue weighted by atomic mass is 10.1. The zero-order valence-corrected chi connectivity index (χ0v) is 10.5. The summed E-state index contributed by atoms with van der Waals surface area (Å²) < 4.78 is 20.6. The maximum Gasteiger partial charge on any atom is 0.258 e. The number of carbonyl (C=O) groups is 1. The van der Waals surface area contributed by atoms with Crippen molar-refractivity contribution in [3.63, 3.8) is 0 Å². The largest absolute Gasteiger partial charge is 0.308 e. The predicted octanol–water partition coefficient (Wildman–Crippen LogP) is 2.40. The molecule has 1 aliphatic rings. The summed E-state index contributed by atoms with van der Waals surface area (Å²) in [7, 11) is 0. The minimum absolute atomic E-state index is 0.0426. The van der Waals surface area contributed by atoms with E-state index < -0.39 is 11.1 Å². The summed E-state index contributed by atoms with van der Waals surface area (Å²) in [5.74, 6) is -0.0426. The molecule has 1 heterocycles. The molecule has 1 unspecified atom stereocenters. The van der Waals surface area contributed by atoms with Gasteiger partial charge in [0, 0.05) is 22.9 Å². The molecule has 4 nitrogen and oxygen atoms in total. The Bertz CT molecular complexity index is 696. The van der Waals surface area contributed by atoms with E-state index in [0.717, 1.165) is 11.1 Å². The third-order valence-electron chi connectivity index (χ3n) is 3.25. The molecule has 5 heteroatoms. The monoisotopic (exact) mass is 261 g/mol. The summed E-state index contributed by atoms with van der Waals surface area (Å²) in [4.78, 5) is 14.2. The van der Waals surface area contributed by atoms with Crippen LogP contribution in [-0.2, 0) is 11.1 Å². The van der Waals surface area contributed by atoms with Crippen molar-refractivity contribution in [2.24, 2.45) is 0 Å². The number of amides is 1. The van der Waals surface area contributed by atoms with Crippen LogP contribution in [0, 0.1) is 0 Å². The van der Waals surface area contributed by atoms with Crippen molar-refractivity contribution in [2.75, 3.05) is 11.4 Å². The van der Waals surface area contributed by atoms with Gasteiger partial charge in [-0.2, -0.15) is 0 Å². The average Bonchev–Trinajstić information content (AvgIpc) is 2.64. The second kappa shape index (κ2) is 3.90. The quantitative estimate of drug-likeness (QED) is 0.844. The SMILES string of the molecule is CCN1C(=O)c2ccc(S(=O)O)c3cccc1c23. The summed E-state index contributed by atoms with van der Waals surface area (Å²) in [6.45, 7) is 2.50. The van der Waals surface area contributed by atoms with E-state index in [9.17, 15) is 13.6 Å². The first-order valence-corrected chi connectivity index (χ1v) is 6.74. The molecular weight excluding hydrogens is 250 g/mol. The van der Waals surface area contributed by atoms with Crippen LogP contribution in [0.5, 0.6) is 0 Å². The molecule has 0 saturated heterocycles. The first-order chi connectivity index (χ1) is 8.65. The number of anilines is 1. The van der Waals surface area contributed by atoms with Gasteiger partial charge in [-0.3, -0.25) is 4.79 Å². The maximum atomic E-state index is 12.2. The highest BCUT2D eigenvalue weighted by molar-refractivity contribution is 7.79. The number of hydrogen-bond acceptors (Lipinski definition) is 2. The molecule has 0 saturated carbocycles. The van der Waals surface area contributed by atoms with Crippen molar-refractivity contribution in [1.82, 2.24) is 0 Å². The Morgan fingerprint density at radius 1 is 1.28 bits per heavy atom. The van der Waals surface area contributed by atoms with Crippen molar-refractivity contribution >= 4 is 33.4 Å². The molecule has 18 heavy (non-hydrogen) atoms. The predicted molar refractivity (Wildman–Crippen MR) is 70.3 cm³/mol. The number of rotatable bonds is 2. The van der Waals surface area contributed by atoms with Crippen LogP contribution in [0.25, 0.3) is 10.8 Å². The maximum absolute atomic E-state index is 12.2. The van der Waals surface area contributed by atoms with Crippen LogP contribution in [0.1, 0.15) is 17.3 Å². The minimum atomic E-state index is -2.05. The first kappa shape index (κ1) is 11.4. The van der Waals surface area contributed by atoms with Gasteiger partial charge < -0.3 is 9.45 Å². The average molecular weight is 261 g/mol. The molecule has 1 atom stereocenters. The topological polar surface area (TPSA) is 57.6 Å². The molecule has 0 spiro atoms. The van der Waals surface area contributed by atoms with Crippen molar-refractivity contribution in [3.8, 4) is 0 Å². The van der Waals surface area contributed by atoms with E-state index >= 15 is 0 Å². The third-order valence-corrected chi connectivity index (χ3v) is 3.98. The molecule has 3 rings (SSSR count). The first-order valence-electron chi connectivity index (χ1n) is 5.63. The minimum Gasteiger partial charge on any atom is -0.308 e. The lowest BCUT2D eigenvalue weighted by Gasteiger charge is -2.14. The van der Waals surface area contributed by atoms with Gasteiger partial charge in [-0.1, -0.05) is 12.1 Å². The summed E-state index contributed by atoms with van der Waals surface area (Å²) in [5, 5.41) is 1.46. The van der Waals surface area contributed by atoms with Gasteiger partial charge in [0.05, 0.1) is 10.6 Å². The van der Waals surface area contributed by atoms with E-state index in [1.807, 2.05) is 13.0 Å². The van der Waals surface area contributed by atoms with Gasteiger partial charge in [-0.25, -0.2) is 4.21 Å². The van der Waals surface area contributed by atoms with Crippen LogP contribution in [0.3, 0.4) is 0 Å². The standard InChI is InChI=1S/C13H11NO3S/c1-2-14-10-5-3-4-8-11(18(16)17)7-6-9(12(8)10)13(14)15/h3-7H,2H2,1H3,(H,16,17). The molecule has 0 aliphatic carbocycles. The van der Waals surface area contributed by atoms with Gasteiger partial charge in [0.25, 0.3) is 5.91 Å². The highest BCUT2D eigenvalue weighted by atomic mass is 32.2. The molecule has 0 radical (unpaired) electrons. The van der Waals surface area contributed by atoms with Crippen molar-refractivity contribution in [3.05, 3.63) is 35.9 Å². The Hall–Kier alpha value is -1.72. The Morgan fingerprint density at radius 3 is 2.72 bits per heavy atom. The van der Waals surface area contributed by atoms with Crippen LogP contribution < -0.4 is 4.90 Å². The van der Waals surface area contributed by atoms with Crippen molar-refractivity contribution in [1.29, 1.82) is 0 Å². The number of carbonyl (C=O) groups excluding carboxylic acids is 1. The van der Waals surface area contributed by atoms with E-state index in [1.165, 1.54) is 0 Å². The normalized spacial score (nSPS) is 15.4. The van der Waals surface area contributed by atoms with Crippen LogP contribution in [0.15, 0.2) is 35.2 Å². The smallest absolute Gasteiger partial charge is 0.258 e. The molecule has 2 aromatic carbocycles. The Morgan fingerprint density at radius 2 is 2.06 bits per heavy atom. The lowest BCUT2D eigenvalue weighted by molar-refractivity contribution is 0.0994. The molecule has 0 aromatic heterocycles. The number of hydrogen-bond donors (Lipinski definition) is 1. The second-order valence-electron chi connectivity index (χ2n) is 4.11. The molecule has 0 fully saturated rings. The highest BCUT2D eigenvalue weighted by Crippen LogP contribution is 2.39. The van der Waals surface area contributed by atoms with Crippen LogP contribution in [0.2, 0.25) is 0 Å². The Balaban J connectivity index is 2.44. The van der Waals surface area contributed by atoms with Crippen LogP contribution in [-0.4, -0.2) is 21.2 Å². The van der Waals surface area contributed by atoms with Gasteiger partial charge in [0.15, 0.2) is 11.1 Å². The zero-order valence-electron chi connectivity index (χ0n) is 9.71. The van der Waals surface area contributed by atoms with E-state index in [0.29, 0.717) is 22.4 Å². The fraction of sp³-hybridized carbons (Fsp3) is 0.154. The zero-order chi connectivity index (χ0) is 12.9. The van der Waals surface area contributed by atoms with Crippen LogP contribution >= 0.6 is 0 Å². The molecule has 0 bridgehead atoms. The van der Waals surface area contributed by atoms with E-state index in [1.54, 1.807) is 29.2 Å². The number of nitrogens with zero attached hydrogens (tertiary/aromatic N) is 1. The van der Waals surface area contributed by atoms with E-state index in [-0.39, 0.29) is 5.91 Å². The summed E-state index contributed by atoms with van der Waals surface area (Å²) in [6, 6.07) is 8.63. The molecule has 1 aliphatic heterocycles. The molecule has 1 amide bonds. The molecule has 2 aromatic rings. The van der Waals surface area contributed by atoms with Gasteiger partial charge in [-0.15, -0.1) is 0 Å². The van der Waals surface area contributed by atoms with E-state index in [2.05, 4.69) is 0 Å². The van der Waals surface area contributed by atoms with E-state index in [4.69, 9.17) is 0 Å². The summed E-state index contributed by atoms with van der Waals surface area (Å²) in [5.41, 5.74) is 1.43. The van der Waals surface area contributed by atoms with Crippen molar-refractivity contribution in [2.45, 2.75) is 11.8 Å². The third kappa shape index (κ3) is 1.34. The fourth-order valence-electron chi connectivity index (χ4n) is 2.48. The lowest BCUT2D eigenvalue weighted by Crippen LogP contribution is -2.25. The molecular formula is C13H11NO3S. The summed E-state index contributed by atoms with van der Waals surface area (Å²) in [6.07, 6.45) is 0. The van der Waals surface area contributed by atoms with Gasteiger partial charge in [-0.05, 0) is 25.1 Å². The Kier molecular flexibility index (Phi) is 2.46. The Labute approximate surface area is 107 Å². The fourth-order valence-corrected chi connectivity index (χ4v) is 3.03. The van der Waals surface area contributed by atoms with Gasteiger partial charge in [0.1, 0.15) is 0 Å². The second-order valence-corrected chi connectivity index (χ2v) is 5.05. The molecule has 1 N–H and O–H groups in total. The van der Waals surface area contributed by atoms with Gasteiger partial charge in [0.2, 0.25) is 0 Å². The van der Waals surface area contributed by atoms with Crippen LogP contribution in [0.4, 0.5) is 5.69 Å². The highest BCUT2D eigenvalue weighted by Gasteiger charge is 2.29. The van der Waals surface area contributed by atoms with Crippen molar-refractivity contribution < 1.29 is 13.6 Å². The summed E-state index contributed by atoms with van der Waals surface area (Å²) >= 11 is -2.05. The van der Waals surface area contributed by atoms with Gasteiger partial charge >= 0.3 is 0 Å². The number of benzene rings is 2. The molecule has 92 valence electrons.